The second-order valence-electron chi connectivity index (χ2n) is 6.96. The molecule has 1 aromatic carbocycles. The van der Waals surface area contributed by atoms with Gasteiger partial charge < -0.3 is 15.1 Å². The molecule has 2 aliphatic rings. The van der Waals surface area contributed by atoms with E-state index in [0.29, 0.717) is 11.8 Å². The molecular formula is C20H30N4OS. The number of carbonyl (C=O) groups excluding carboxylic acids is 1. The first-order chi connectivity index (χ1) is 12.7. The number of thioether (sulfide) groups is 1. The molecule has 1 unspecified atom stereocenters. The van der Waals surface area contributed by atoms with E-state index >= 15 is 0 Å². The van der Waals surface area contributed by atoms with Crippen molar-refractivity contribution in [2.75, 3.05) is 50.1 Å². The van der Waals surface area contributed by atoms with Crippen LogP contribution in [0.15, 0.2) is 29.3 Å². The zero-order chi connectivity index (χ0) is 18.4. The number of hydrogen-bond acceptors (Lipinski definition) is 3. The summed E-state index contributed by atoms with van der Waals surface area (Å²) in [5, 5.41) is 3.51. The summed E-state index contributed by atoms with van der Waals surface area (Å²) >= 11 is 1.88. The summed E-state index contributed by atoms with van der Waals surface area (Å²) in [5.41, 5.74) is 2.63. The molecule has 1 aromatic rings. The summed E-state index contributed by atoms with van der Waals surface area (Å²) in [7, 11) is 1.86. The number of nitrogens with one attached hydrogen (secondary N) is 1. The molecule has 1 fully saturated rings. The third-order valence-corrected chi connectivity index (χ3v) is 5.96. The van der Waals surface area contributed by atoms with E-state index < -0.39 is 0 Å². The van der Waals surface area contributed by atoms with Crippen LogP contribution in [-0.4, -0.2) is 62.0 Å². The summed E-state index contributed by atoms with van der Waals surface area (Å²) in [6.45, 7) is 3.67. The maximum absolute atomic E-state index is 11.9. The highest BCUT2D eigenvalue weighted by Crippen LogP contribution is 2.38. The largest absolute Gasteiger partial charge is 0.356 e. The third-order valence-electron chi connectivity index (χ3n) is 5.27. The lowest BCUT2D eigenvalue weighted by Crippen LogP contribution is -2.41. The molecule has 26 heavy (non-hydrogen) atoms. The van der Waals surface area contributed by atoms with Gasteiger partial charge in [-0.1, -0.05) is 18.2 Å². The quantitative estimate of drug-likeness (QED) is 0.453. The lowest BCUT2D eigenvalue weighted by molar-refractivity contribution is -0.127. The van der Waals surface area contributed by atoms with Crippen molar-refractivity contribution in [3.05, 3.63) is 29.8 Å². The van der Waals surface area contributed by atoms with Crippen LogP contribution in [0.1, 0.15) is 37.2 Å². The standard InChI is InChI=1S/C20H30N4OS/c1-21-20(22-11-6-14-26-2)24-15-16(17-7-3-4-8-18(17)24)10-13-23-12-5-9-19(23)25/h3-4,7-8,16H,5-6,9-15H2,1-2H3,(H,21,22). The third kappa shape index (κ3) is 4.34. The summed E-state index contributed by atoms with van der Waals surface area (Å²) in [5.74, 6) is 2.88. The van der Waals surface area contributed by atoms with Crippen molar-refractivity contribution in [2.45, 2.75) is 31.6 Å². The fraction of sp³-hybridized carbons (Fsp3) is 0.600. The predicted octanol–water partition coefficient (Wildman–Crippen LogP) is 2.93. The Morgan fingerprint density at radius 1 is 1.38 bits per heavy atom. The van der Waals surface area contributed by atoms with Crippen LogP contribution in [0.3, 0.4) is 0 Å². The van der Waals surface area contributed by atoms with Crippen molar-refractivity contribution in [1.82, 2.24) is 10.2 Å². The molecule has 0 radical (unpaired) electrons. The van der Waals surface area contributed by atoms with E-state index in [1.807, 2.05) is 23.7 Å². The topological polar surface area (TPSA) is 47.9 Å². The van der Waals surface area contributed by atoms with Crippen LogP contribution in [0, 0.1) is 0 Å². The number of fused-ring (bicyclic) bond motifs is 1. The minimum Gasteiger partial charge on any atom is -0.356 e. The number of nitrogens with zero attached hydrogens (tertiary/aromatic N) is 3. The van der Waals surface area contributed by atoms with Crippen LogP contribution in [0.2, 0.25) is 0 Å². The van der Waals surface area contributed by atoms with Gasteiger partial charge in [-0.25, -0.2) is 0 Å². The predicted molar refractivity (Wildman–Crippen MR) is 111 cm³/mol. The first-order valence-electron chi connectivity index (χ1n) is 9.58. The van der Waals surface area contributed by atoms with Crippen molar-refractivity contribution < 1.29 is 4.79 Å². The Morgan fingerprint density at radius 3 is 2.96 bits per heavy atom. The van der Waals surface area contributed by atoms with Crippen LogP contribution >= 0.6 is 11.8 Å². The number of aliphatic imine (C=N–C) groups is 1. The molecule has 3 rings (SSSR count). The number of hydrogen-bond donors (Lipinski definition) is 1. The monoisotopic (exact) mass is 374 g/mol. The summed E-state index contributed by atoms with van der Waals surface area (Å²) in [6.07, 6.45) is 6.03. The molecule has 1 N–H and O–H groups in total. The molecule has 1 atom stereocenters. The van der Waals surface area contributed by atoms with Gasteiger partial charge in [0.05, 0.1) is 0 Å². The molecule has 1 saturated heterocycles. The fourth-order valence-corrected chi connectivity index (χ4v) is 4.34. The van der Waals surface area contributed by atoms with Gasteiger partial charge in [-0.05, 0) is 42.9 Å². The zero-order valence-corrected chi connectivity index (χ0v) is 16.7. The average Bonchev–Trinajstić information content (AvgIpc) is 3.24. The number of anilines is 1. The Hall–Kier alpha value is -1.69. The van der Waals surface area contributed by atoms with Gasteiger partial charge in [-0.2, -0.15) is 11.8 Å². The molecule has 142 valence electrons. The molecule has 0 spiro atoms. The molecule has 0 saturated carbocycles. The average molecular weight is 375 g/mol. The van der Waals surface area contributed by atoms with Gasteiger partial charge in [0.1, 0.15) is 0 Å². The molecule has 1 amide bonds. The molecule has 0 bridgehead atoms. The van der Waals surface area contributed by atoms with E-state index in [9.17, 15) is 4.79 Å². The Morgan fingerprint density at radius 2 is 2.23 bits per heavy atom. The van der Waals surface area contributed by atoms with Gasteiger partial charge in [0.2, 0.25) is 5.91 Å². The van der Waals surface area contributed by atoms with Gasteiger partial charge >= 0.3 is 0 Å². The zero-order valence-electron chi connectivity index (χ0n) is 15.9. The maximum Gasteiger partial charge on any atom is 0.222 e. The first-order valence-corrected chi connectivity index (χ1v) is 11.0. The van der Waals surface area contributed by atoms with Crippen LogP contribution in [0.25, 0.3) is 0 Å². The smallest absolute Gasteiger partial charge is 0.222 e. The molecular weight excluding hydrogens is 344 g/mol. The number of likely N-dealkylation sites (tertiary alicyclic amines) is 1. The Kier molecular flexibility index (Phi) is 6.83. The number of benzene rings is 1. The van der Waals surface area contributed by atoms with E-state index in [1.54, 1.807) is 0 Å². The lowest BCUT2D eigenvalue weighted by atomic mass is 9.98. The summed E-state index contributed by atoms with van der Waals surface area (Å²) < 4.78 is 0. The molecule has 6 heteroatoms. The number of carbonyl (C=O) groups is 1. The molecule has 2 heterocycles. The van der Waals surface area contributed by atoms with E-state index in [-0.39, 0.29) is 0 Å². The minimum atomic E-state index is 0.319. The Balaban J connectivity index is 1.65. The van der Waals surface area contributed by atoms with E-state index in [0.717, 1.165) is 63.6 Å². The minimum absolute atomic E-state index is 0.319. The SMILES string of the molecule is CN=C(NCCCSC)N1CC(CCN2CCCC2=O)c2ccccc21. The Labute approximate surface area is 161 Å². The van der Waals surface area contributed by atoms with Gasteiger partial charge in [0.25, 0.3) is 0 Å². The van der Waals surface area contributed by atoms with Gasteiger partial charge in [-0.15, -0.1) is 0 Å². The normalized spacial score (nSPS) is 20.0. The van der Waals surface area contributed by atoms with Crippen LogP contribution < -0.4 is 10.2 Å². The molecule has 0 aromatic heterocycles. The van der Waals surface area contributed by atoms with E-state index in [2.05, 4.69) is 45.7 Å². The summed E-state index contributed by atoms with van der Waals surface area (Å²) in [6, 6.07) is 8.63. The number of para-hydroxylation sites is 1. The van der Waals surface area contributed by atoms with E-state index in [4.69, 9.17) is 0 Å². The second-order valence-corrected chi connectivity index (χ2v) is 7.95. The number of rotatable bonds is 7. The highest BCUT2D eigenvalue weighted by Gasteiger charge is 2.31. The van der Waals surface area contributed by atoms with Crippen molar-refractivity contribution in [3.8, 4) is 0 Å². The lowest BCUT2D eigenvalue weighted by Gasteiger charge is -2.23. The van der Waals surface area contributed by atoms with E-state index in [1.165, 1.54) is 11.3 Å². The van der Waals surface area contributed by atoms with Crippen molar-refractivity contribution in [3.63, 3.8) is 0 Å². The number of amides is 1. The first kappa shape index (κ1) is 19.1. The maximum atomic E-state index is 11.9. The van der Waals surface area contributed by atoms with Gasteiger partial charge in [0.15, 0.2) is 5.96 Å². The highest BCUT2D eigenvalue weighted by molar-refractivity contribution is 7.98. The van der Waals surface area contributed by atoms with Crippen LogP contribution in [0.4, 0.5) is 5.69 Å². The van der Waals surface area contributed by atoms with Gasteiger partial charge in [-0.3, -0.25) is 9.79 Å². The van der Waals surface area contributed by atoms with Crippen molar-refractivity contribution in [1.29, 1.82) is 0 Å². The number of guanidine groups is 1. The van der Waals surface area contributed by atoms with Crippen molar-refractivity contribution in [2.24, 2.45) is 4.99 Å². The summed E-state index contributed by atoms with van der Waals surface area (Å²) in [4.78, 5) is 20.7. The fourth-order valence-electron chi connectivity index (χ4n) is 3.91. The highest BCUT2D eigenvalue weighted by atomic mass is 32.2. The van der Waals surface area contributed by atoms with Crippen LogP contribution in [-0.2, 0) is 4.79 Å². The Bertz CT molecular complexity index is 648. The second kappa shape index (κ2) is 9.31. The molecule has 0 aliphatic carbocycles. The molecule has 2 aliphatic heterocycles. The van der Waals surface area contributed by atoms with Gasteiger partial charge in [0, 0.05) is 51.3 Å². The molecule has 5 nitrogen and oxygen atoms in total. The van der Waals surface area contributed by atoms with Crippen molar-refractivity contribution >= 4 is 29.3 Å². The van der Waals surface area contributed by atoms with Crippen LogP contribution in [0.5, 0.6) is 0 Å².